The molecule has 2 fully saturated rings. The molecule has 0 aromatic carbocycles. The maximum absolute atomic E-state index is 12.8. The van der Waals surface area contributed by atoms with Crippen LogP contribution in [-0.4, -0.2) is 26.0 Å². The highest BCUT2D eigenvalue weighted by Crippen LogP contribution is 2.65. The molecule has 6 atom stereocenters. The second-order valence-electron chi connectivity index (χ2n) is 11.0. The minimum Gasteiger partial charge on any atom is -0.414 e. The number of hydrogen-bond acceptors (Lipinski definition) is 3. The molecule has 2 saturated carbocycles. The third-order valence-corrected chi connectivity index (χ3v) is 9.19. The molecule has 4 aliphatic rings. The van der Waals surface area contributed by atoms with Gasteiger partial charge in [-0.05, 0) is 80.8 Å². The standard InChI is InChI=1S/C25H36O3Si/c1-7-21(27)20-11-10-19-18-9-8-16-14-17(26)12-13-24(16,2)23(18)22(15-25(19,20)3)28-29(4,5)6/h11-14,18-19,22-23H,7-10,15H2,1-6H3/t18-,19-,22?,23+,24-,25-/m0/s1. The molecule has 3 nitrogen and oxygen atoms in total. The van der Waals surface area contributed by atoms with E-state index in [1.165, 1.54) is 5.57 Å². The smallest absolute Gasteiger partial charge is 0.184 e. The van der Waals surface area contributed by atoms with Crippen molar-refractivity contribution >= 4 is 19.9 Å². The van der Waals surface area contributed by atoms with Gasteiger partial charge in [0, 0.05) is 17.3 Å². The SMILES string of the molecule is CCC(=O)C1=CC[C@H]2[C@@H]3CCC4=CC(=O)C=C[C@]4(C)[C@H]3C(O[Si](C)(C)C)C[C@]12C. The Kier molecular flexibility index (Phi) is 4.98. The zero-order valence-corrected chi connectivity index (χ0v) is 19.9. The molecule has 0 heterocycles. The zero-order chi connectivity index (χ0) is 21.2. The van der Waals surface area contributed by atoms with Crippen LogP contribution in [0, 0.1) is 28.6 Å². The average Bonchev–Trinajstić information content (AvgIpc) is 2.96. The van der Waals surface area contributed by atoms with Crippen LogP contribution < -0.4 is 0 Å². The van der Waals surface area contributed by atoms with Gasteiger partial charge in [0.1, 0.15) is 0 Å². The van der Waals surface area contributed by atoms with Crippen molar-refractivity contribution in [1.82, 2.24) is 0 Å². The fraction of sp³-hybridized carbons (Fsp3) is 0.680. The highest BCUT2D eigenvalue weighted by molar-refractivity contribution is 6.69. The quantitative estimate of drug-likeness (QED) is 0.561. The number of rotatable bonds is 4. The van der Waals surface area contributed by atoms with Gasteiger partial charge < -0.3 is 4.43 Å². The molecule has 0 amide bonds. The number of allylic oxidation sites excluding steroid dienone is 6. The number of hydrogen-bond donors (Lipinski definition) is 0. The largest absolute Gasteiger partial charge is 0.414 e. The molecule has 1 unspecified atom stereocenters. The first-order valence-corrected chi connectivity index (χ1v) is 14.8. The van der Waals surface area contributed by atoms with Crippen molar-refractivity contribution in [2.45, 2.75) is 78.6 Å². The zero-order valence-electron chi connectivity index (χ0n) is 18.9. The Morgan fingerprint density at radius 3 is 2.66 bits per heavy atom. The van der Waals surface area contributed by atoms with Gasteiger partial charge >= 0.3 is 0 Å². The molecule has 29 heavy (non-hydrogen) atoms. The second-order valence-corrected chi connectivity index (χ2v) is 15.5. The van der Waals surface area contributed by atoms with Crippen LogP contribution in [0.25, 0.3) is 0 Å². The lowest BCUT2D eigenvalue weighted by Gasteiger charge is -2.60. The molecular weight excluding hydrogens is 376 g/mol. The Labute approximate surface area is 176 Å². The Balaban J connectivity index is 1.78. The normalized spacial score (nSPS) is 41.2. The molecule has 0 aromatic heterocycles. The molecule has 0 aliphatic heterocycles. The third kappa shape index (κ3) is 3.27. The fourth-order valence-electron chi connectivity index (χ4n) is 7.05. The van der Waals surface area contributed by atoms with E-state index in [0.717, 1.165) is 31.3 Å². The molecule has 4 aliphatic carbocycles. The predicted octanol–water partition coefficient (Wildman–Crippen LogP) is 5.64. The summed E-state index contributed by atoms with van der Waals surface area (Å²) in [6, 6.07) is 0. The summed E-state index contributed by atoms with van der Waals surface area (Å²) >= 11 is 0. The Hall–Kier alpha value is -1.26. The van der Waals surface area contributed by atoms with E-state index in [1.807, 2.05) is 13.0 Å². The van der Waals surface area contributed by atoms with Crippen molar-refractivity contribution < 1.29 is 14.0 Å². The molecule has 0 spiro atoms. The van der Waals surface area contributed by atoms with Crippen LogP contribution in [0.5, 0.6) is 0 Å². The summed E-state index contributed by atoms with van der Waals surface area (Å²) in [5.41, 5.74) is 2.16. The number of fused-ring (bicyclic) bond motifs is 5. The number of carbonyl (C=O) groups is 2. The van der Waals surface area contributed by atoms with Gasteiger partial charge in [-0.25, -0.2) is 0 Å². The van der Waals surface area contributed by atoms with Gasteiger partial charge in [-0.1, -0.05) is 38.5 Å². The number of carbonyl (C=O) groups excluding carboxylic acids is 2. The van der Waals surface area contributed by atoms with E-state index < -0.39 is 8.32 Å². The Morgan fingerprint density at radius 2 is 2.00 bits per heavy atom. The number of ketones is 2. The van der Waals surface area contributed by atoms with Crippen LogP contribution in [0.1, 0.15) is 52.9 Å². The summed E-state index contributed by atoms with van der Waals surface area (Å²) in [5.74, 6) is 1.84. The van der Waals surface area contributed by atoms with E-state index >= 15 is 0 Å². The monoisotopic (exact) mass is 412 g/mol. The maximum Gasteiger partial charge on any atom is 0.184 e. The van der Waals surface area contributed by atoms with E-state index in [0.29, 0.717) is 30.0 Å². The van der Waals surface area contributed by atoms with E-state index in [1.54, 1.807) is 6.08 Å². The van der Waals surface area contributed by atoms with Crippen molar-refractivity contribution in [1.29, 1.82) is 0 Å². The van der Waals surface area contributed by atoms with Gasteiger partial charge in [-0.2, -0.15) is 0 Å². The fourth-order valence-corrected chi connectivity index (χ4v) is 8.19. The van der Waals surface area contributed by atoms with Gasteiger partial charge in [0.25, 0.3) is 0 Å². The lowest BCUT2D eigenvalue weighted by Crippen LogP contribution is -2.58. The van der Waals surface area contributed by atoms with Crippen LogP contribution in [0.15, 0.2) is 35.5 Å². The van der Waals surface area contributed by atoms with E-state index in [-0.39, 0.29) is 22.7 Å². The van der Waals surface area contributed by atoms with Crippen molar-refractivity contribution in [3.05, 3.63) is 35.5 Å². The van der Waals surface area contributed by atoms with Crippen LogP contribution in [-0.2, 0) is 14.0 Å². The molecule has 158 valence electrons. The topological polar surface area (TPSA) is 43.4 Å². The van der Waals surface area contributed by atoms with Gasteiger partial charge in [-0.3, -0.25) is 9.59 Å². The summed E-state index contributed by atoms with van der Waals surface area (Å²) in [7, 11) is -1.77. The molecule has 0 bridgehead atoms. The average molecular weight is 413 g/mol. The van der Waals surface area contributed by atoms with Gasteiger partial charge in [0.15, 0.2) is 19.9 Å². The van der Waals surface area contributed by atoms with E-state index in [2.05, 4.69) is 45.6 Å². The highest BCUT2D eigenvalue weighted by Gasteiger charge is 2.61. The van der Waals surface area contributed by atoms with Crippen molar-refractivity contribution in [3.63, 3.8) is 0 Å². The van der Waals surface area contributed by atoms with Crippen LogP contribution in [0.4, 0.5) is 0 Å². The van der Waals surface area contributed by atoms with Gasteiger partial charge in [0.05, 0.1) is 6.10 Å². The first kappa shape index (κ1) is 21.0. The number of Topliss-reactive ketones (excluding diaryl/α,β-unsaturated/α-hetero) is 1. The lowest BCUT2D eigenvalue weighted by atomic mass is 9.47. The first-order valence-electron chi connectivity index (χ1n) is 11.4. The van der Waals surface area contributed by atoms with Crippen LogP contribution in [0.3, 0.4) is 0 Å². The summed E-state index contributed by atoms with van der Waals surface area (Å²) in [5, 5.41) is 0. The van der Waals surface area contributed by atoms with Crippen LogP contribution >= 0.6 is 0 Å². The molecular formula is C25H36O3Si. The van der Waals surface area contributed by atoms with Gasteiger partial charge in [-0.15, -0.1) is 0 Å². The van der Waals surface area contributed by atoms with Crippen molar-refractivity contribution in [2.75, 3.05) is 0 Å². The van der Waals surface area contributed by atoms with Crippen LogP contribution in [0.2, 0.25) is 19.6 Å². The van der Waals surface area contributed by atoms with Gasteiger partial charge in [0.2, 0.25) is 0 Å². The lowest BCUT2D eigenvalue weighted by molar-refractivity contribution is -0.121. The Bertz CT molecular complexity index is 829. The molecule has 0 radical (unpaired) electrons. The summed E-state index contributed by atoms with van der Waals surface area (Å²) < 4.78 is 6.88. The Morgan fingerprint density at radius 1 is 1.28 bits per heavy atom. The third-order valence-electron chi connectivity index (χ3n) is 8.18. The minimum absolute atomic E-state index is 0.0790. The predicted molar refractivity (Wildman–Crippen MR) is 119 cm³/mol. The van der Waals surface area contributed by atoms with E-state index in [4.69, 9.17) is 4.43 Å². The molecule has 0 N–H and O–H groups in total. The summed E-state index contributed by atoms with van der Waals surface area (Å²) in [6.45, 7) is 13.4. The van der Waals surface area contributed by atoms with Crippen molar-refractivity contribution in [2.24, 2.45) is 28.6 Å². The maximum atomic E-state index is 12.8. The van der Waals surface area contributed by atoms with E-state index in [9.17, 15) is 9.59 Å². The molecule has 4 rings (SSSR count). The highest BCUT2D eigenvalue weighted by atomic mass is 28.4. The second kappa shape index (κ2) is 6.88. The molecule has 0 aromatic rings. The molecule has 0 saturated heterocycles. The first-order chi connectivity index (χ1) is 13.5. The summed E-state index contributed by atoms with van der Waals surface area (Å²) in [4.78, 5) is 24.9. The van der Waals surface area contributed by atoms with Crippen molar-refractivity contribution in [3.8, 4) is 0 Å². The summed E-state index contributed by atoms with van der Waals surface area (Å²) in [6.07, 6.45) is 12.8. The molecule has 4 heteroatoms. The minimum atomic E-state index is -1.77.